The molecule has 2 aromatic rings. The van der Waals surface area contributed by atoms with Crippen molar-refractivity contribution in [2.45, 2.75) is 25.7 Å². The molecular formula is C17H16O. The summed E-state index contributed by atoms with van der Waals surface area (Å²) in [4.78, 5) is 0. The molecule has 2 aliphatic carbocycles. The van der Waals surface area contributed by atoms with Gasteiger partial charge in [-0.05, 0) is 58.2 Å². The van der Waals surface area contributed by atoms with Gasteiger partial charge in [-0.3, -0.25) is 0 Å². The minimum Gasteiger partial charge on any atom is -0.496 e. The Kier molecular flexibility index (Phi) is 1.91. The summed E-state index contributed by atoms with van der Waals surface area (Å²) in [5.74, 6) is 1.77. The van der Waals surface area contributed by atoms with Gasteiger partial charge in [0.1, 0.15) is 5.75 Å². The van der Waals surface area contributed by atoms with Crippen LogP contribution < -0.4 is 4.74 Å². The third-order valence-electron chi connectivity index (χ3n) is 4.45. The first-order chi connectivity index (χ1) is 8.79. The zero-order valence-electron chi connectivity index (χ0n) is 10.8. The smallest absolute Gasteiger partial charge is 0.122 e. The van der Waals surface area contributed by atoms with Crippen LogP contribution in [0.4, 0.5) is 0 Å². The van der Waals surface area contributed by atoms with Gasteiger partial charge in [0.05, 0.1) is 7.11 Å². The van der Waals surface area contributed by atoms with Crippen LogP contribution in [0.1, 0.15) is 35.1 Å². The average molecular weight is 236 g/mol. The molecule has 0 bridgehead atoms. The number of methoxy groups -OCH3 is 1. The van der Waals surface area contributed by atoms with Crippen LogP contribution in [0.5, 0.6) is 5.75 Å². The lowest BCUT2D eigenvalue weighted by Gasteiger charge is -2.32. The highest BCUT2D eigenvalue weighted by Gasteiger charge is 2.33. The van der Waals surface area contributed by atoms with E-state index in [1.54, 1.807) is 18.2 Å². The summed E-state index contributed by atoms with van der Waals surface area (Å²) in [6.45, 7) is 2.32. The fourth-order valence-corrected chi connectivity index (χ4v) is 3.59. The number of hydrogen-bond donors (Lipinski definition) is 0. The van der Waals surface area contributed by atoms with Crippen molar-refractivity contribution in [2.24, 2.45) is 0 Å². The largest absolute Gasteiger partial charge is 0.496 e. The minimum absolute atomic E-state index is 0.693. The zero-order valence-corrected chi connectivity index (χ0v) is 10.8. The van der Waals surface area contributed by atoms with Gasteiger partial charge in [-0.15, -0.1) is 0 Å². The second-order valence-corrected chi connectivity index (χ2v) is 5.44. The van der Waals surface area contributed by atoms with Crippen molar-refractivity contribution in [3.05, 3.63) is 52.6 Å². The van der Waals surface area contributed by atoms with E-state index in [2.05, 4.69) is 37.3 Å². The molecule has 2 aromatic carbocycles. The van der Waals surface area contributed by atoms with Gasteiger partial charge < -0.3 is 4.74 Å². The van der Waals surface area contributed by atoms with Crippen molar-refractivity contribution in [1.29, 1.82) is 0 Å². The molecule has 0 N–H and O–H groups in total. The summed E-state index contributed by atoms with van der Waals surface area (Å²) in [6.07, 6.45) is 2.27. The van der Waals surface area contributed by atoms with E-state index < -0.39 is 0 Å². The molecule has 1 heteroatoms. The highest BCUT2D eigenvalue weighted by molar-refractivity contribution is 5.81. The van der Waals surface area contributed by atoms with E-state index in [9.17, 15) is 0 Å². The maximum Gasteiger partial charge on any atom is 0.122 e. The van der Waals surface area contributed by atoms with Crippen LogP contribution in [0.3, 0.4) is 0 Å². The first kappa shape index (κ1) is 10.2. The highest BCUT2D eigenvalue weighted by atomic mass is 16.5. The van der Waals surface area contributed by atoms with E-state index in [0.29, 0.717) is 5.92 Å². The third-order valence-corrected chi connectivity index (χ3v) is 4.45. The second kappa shape index (κ2) is 3.38. The van der Waals surface area contributed by atoms with Crippen LogP contribution in [-0.4, -0.2) is 7.11 Å². The van der Waals surface area contributed by atoms with Crippen molar-refractivity contribution in [2.75, 3.05) is 7.11 Å². The minimum atomic E-state index is 0.693. The molecule has 0 aliphatic heterocycles. The lowest BCUT2D eigenvalue weighted by Crippen LogP contribution is -2.18. The Hall–Kier alpha value is -1.76. The Morgan fingerprint density at radius 2 is 1.94 bits per heavy atom. The Labute approximate surface area is 107 Å². The Morgan fingerprint density at radius 3 is 2.72 bits per heavy atom. The highest BCUT2D eigenvalue weighted by Crippen LogP contribution is 2.50. The molecule has 1 atom stereocenters. The molecule has 90 valence electrons. The van der Waals surface area contributed by atoms with E-state index in [0.717, 1.165) is 12.2 Å². The van der Waals surface area contributed by atoms with E-state index in [1.165, 1.54) is 28.7 Å². The lowest BCUT2D eigenvalue weighted by atomic mass is 9.74. The molecule has 0 heterocycles. The van der Waals surface area contributed by atoms with Crippen molar-refractivity contribution in [3.8, 4) is 16.9 Å². The first-order valence-corrected chi connectivity index (χ1v) is 6.60. The van der Waals surface area contributed by atoms with E-state index in [4.69, 9.17) is 4.74 Å². The molecule has 2 aliphatic rings. The quantitative estimate of drug-likeness (QED) is 0.622. The predicted octanol–water partition coefficient (Wildman–Crippen LogP) is 3.93. The van der Waals surface area contributed by atoms with E-state index >= 15 is 0 Å². The van der Waals surface area contributed by atoms with Gasteiger partial charge >= 0.3 is 0 Å². The zero-order chi connectivity index (χ0) is 12.3. The molecule has 0 aromatic heterocycles. The van der Waals surface area contributed by atoms with Crippen LogP contribution in [-0.2, 0) is 12.8 Å². The third kappa shape index (κ3) is 1.12. The Morgan fingerprint density at radius 1 is 1.11 bits per heavy atom. The van der Waals surface area contributed by atoms with Gasteiger partial charge in [-0.1, -0.05) is 31.2 Å². The predicted molar refractivity (Wildman–Crippen MR) is 73.4 cm³/mol. The monoisotopic (exact) mass is 236 g/mol. The Bertz CT molecular complexity index is 655. The van der Waals surface area contributed by atoms with E-state index in [-0.39, 0.29) is 0 Å². The first-order valence-electron chi connectivity index (χ1n) is 6.60. The molecule has 0 saturated carbocycles. The number of rotatable bonds is 1. The van der Waals surface area contributed by atoms with Crippen LogP contribution in [0.25, 0.3) is 11.1 Å². The van der Waals surface area contributed by atoms with Crippen molar-refractivity contribution in [1.82, 2.24) is 0 Å². The SMILES string of the molecule is COc1cc2c(c3c1CC3C)Cc1ccccc1-2. The van der Waals surface area contributed by atoms with E-state index in [1.807, 2.05) is 0 Å². The number of fused-ring (bicyclic) bond motifs is 5. The lowest BCUT2D eigenvalue weighted by molar-refractivity contribution is 0.401. The molecule has 1 unspecified atom stereocenters. The summed E-state index contributed by atoms with van der Waals surface area (Å²) in [7, 11) is 1.78. The van der Waals surface area contributed by atoms with Gasteiger partial charge in [0, 0.05) is 0 Å². The Balaban J connectivity index is 2.02. The van der Waals surface area contributed by atoms with Crippen LogP contribution in [0.2, 0.25) is 0 Å². The second-order valence-electron chi connectivity index (χ2n) is 5.44. The van der Waals surface area contributed by atoms with Crippen molar-refractivity contribution >= 4 is 0 Å². The topological polar surface area (TPSA) is 9.23 Å². The summed E-state index contributed by atoms with van der Waals surface area (Å²) >= 11 is 0. The molecule has 0 radical (unpaired) electrons. The molecule has 18 heavy (non-hydrogen) atoms. The van der Waals surface area contributed by atoms with Crippen molar-refractivity contribution < 1.29 is 4.74 Å². The van der Waals surface area contributed by atoms with Crippen LogP contribution in [0.15, 0.2) is 30.3 Å². The maximum atomic E-state index is 5.57. The van der Waals surface area contributed by atoms with Gasteiger partial charge in [0.2, 0.25) is 0 Å². The number of benzene rings is 2. The summed E-state index contributed by atoms with van der Waals surface area (Å²) in [6, 6.07) is 11.0. The molecule has 0 spiro atoms. The average Bonchev–Trinajstić information content (AvgIpc) is 2.72. The molecule has 0 fully saturated rings. The molecule has 4 rings (SSSR count). The fraction of sp³-hybridized carbons (Fsp3) is 0.294. The fourth-order valence-electron chi connectivity index (χ4n) is 3.59. The molecular weight excluding hydrogens is 220 g/mol. The van der Waals surface area contributed by atoms with Gasteiger partial charge in [-0.25, -0.2) is 0 Å². The summed E-state index contributed by atoms with van der Waals surface area (Å²) < 4.78 is 5.57. The maximum absolute atomic E-state index is 5.57. The van der Waals surface area contributed by atoms with Gasteiger partial charge in [0.25, 0.3) is 0 Å². The normalized spacial score (nSPS) is 18.7. The number of ether oxygens (including phenoxy) is 1. The van der Waals surface area contributed by atoms with Gasteiger partial charge in [0.15, 0.2) is 0 Å². The number of hydrogen-bond acceptors (Lipinski definition) is 1. The molecule has 0 amide bonds. The molecule has 1 nitrogen and oxygen atoms in total. The van der Waals surface area contributed by atoms with Crippen LogP contribution in [0, 0.1) is 0 Å². The van der Waals surface area contributed by atoms with Crippen molar-refractivity contribution in [3.63, 3.8) is 0 Å². The van der Waals surface area contributed by atoms with Crippen LogP contribution >= 0.6 is 0 Å². The summed E-state index contributed by atoms with van der Waals surface area (Å²) in [5, 5.41) is 0. The standard InChI is InChI=1S/C17H16O/c1-10-7-15-16(18-2)9-13-12-6-4-3-5-11(12)8-14(13)17(10)15/h3-6,9-10H,7-8H2,1-2H3. The van der Waals surface area contributed by atoms with Gasteiger partial charge in [-0.2, -0.15) is 0 Å². The summed E-state index contributed by atoms with van der Waals surface area (Å²) in [5.41, 5.74) is 8.80. The molecule has 0 saturated heterocycles.